The van der Waals surface area contributed by atoms with E-state index < -0.39 is 10.8 Å². The van der Waals surface area contributed by atoms with Crippen molar-refractivity contribution in [3.05, 3.63) is 75.3 Å². The van der Waals surface area contributed by atoms with Gasteiger partial charge in [-0.05, 0) is 19.9 Å². The molecule has 3 aromatic rings. The SMILES string of the molecule is CC(=O)NCCNc1nc(-c2ccccc2)nc(NCCNC(=O)c2cccc(C)c2[N+](=O)[O-])c1C. The quantitative estimate of drug-likeness (QED) is 0.181. The lowest BCUT2D eigenvalue weighted by atomic mass is 10.1. The highest BCUT2D eigenvalue weighted by Gasteiger charge is 2.22. The number of hydrogen-bond acceptors (Lipinski definition) is 8. The maximum atomic E-state index is 12.6. The number of anilines is 2. The van der Waals surface area contributed by atoms with Gasteiger partial charge in [-0.25, -0.2) is 9.97 Å². The van der Waals surface area contributed by atoms with Crippen LogP contribution in [0.2, 0.25) is 0 Å². The van der Waals surface area contributed by atoms with Gasteiger partial charge in [-0.1, -0.05) is 42.5 Å². The molecular formula is C25H29N7O4. The Hall–Kier alpha value is -4.54. The Morgan fingerprint density at radius 1 is 0.861 bits per heavy atom. The fourth-order valence-corrected chi connectivity index (χ4v) is 3.53. The van der Waals surface area contributed by atoms with Crippen molar-refractivity contribution in [2.75, 3.05) is 36.8 Å². The number of nitrogens with zero attached hydrogens (tertiary/aromatic N) is 3. The van der Waals surface area contributed by atoms with Gasteiger partial charge in [-0.2, -0.15) is 0 Å². The molecule has 0 saturated heterocycles. The molecule has 3 rings (SSSR count). The van der Waals surface area contributed by atoms with Crippen LogP contribution >= 0.6 is 0 Å². The summed E-state index contributed by atoms with van der Waals surface area (Å²) in [6, 6.07) is 14.2. The van der Waals surface area contributed by atoms with Crippen LogP contribution in [0.25, 0.3) is 11.4 Å². The molecule has 36 heavy (non-hydrogen) atoms. The lowest BCUT2D eigenvalue weighted by Crippen LogP contribution is -2.30. The highest BCUT2D eigenvalue weighted by atomic mass is 16.6. The third-order valence-corrected chi connectivity index (χ3v) is 5.34. The third-order valence-electron chi connectivity index (χ3n) is 5.34. The Bertz CT molecular complexity index is 1250. The summed E-state index contributed by atoms with van der Waals surface area (Å²) in [7, 11) is 0. The summed E-state index contributed by atoms with van der Waals surface area (Å²) in [4.78, 5) is 43.8. The van der Waals surface area contributed by atoms with E-state index in [1.165, 1.54) is 13.0 Å². The number of nitro groups is 1. The predicted octanol–water partition coefficient (Wildman–Crippen LogP) is 3.06. The van der Waals surface area contributed by atoms with Crippen LogP contribution in [-0.2, 0) is 4.79 Å². The molecule has 0 spiro atoms. The summed E-state index contributed by atoms with van der Waals surface area (Å²) in [5.41, 5.74) is 1.87. The monoisotopic (exact) mass is 491 g/mol. The zero-order valence-corrected chi connectivity index (χ0v) is 20.4. The highest BCUT2D eigenvalue weighted by Crippen LogP contribution is 2.25. The van der Waals surface area contributed by atoms with Crippen LogP contribution in [-0.4, -0.2) is 52.9 Å². The van der Waals surface area contributed by atoms with Crippen LogP contribution in [0, 0.1) is 24.0 Å². The average molecular weight is 492 g/mol. The molecule has 1 aromatic heterocycles. The van der Waals surface area contributed by atoms with Crippen LogP contribution in [0.3, 0.4) is 0 Å². The van der Waals surface area contributed by atoms with Crippen molar-refractivity contribution >= 4 is 29.1 Å². The van der Waals surface area contributed by atoms with E-state index in [0.717, 1.165) is 11.1 Å². The zero-order valence-electron chi connectivity index (χ0n) is 20.4. The molecule has 0 unspecified atom stereocenters. The molecule has 0 aliphatic rings. The van der Waals surface area contributed by atoms with E-state index in [1.807, 2.05) is 37.3 Å². The van der Waals surface area contributed by atoms with Crippen molar-refractivity contribution in [2.24, 2.45) is 0 Å². The fraction of sp³-hybridized carbons (Fsp3) is 0.280. The molecule has 0 fully saturated rings. The van der Waals surface area contributed by atoms with E-state index in [2.05, 4.69) is 31.2 Å². The predicted molar refractivity (Wildman–Crippen MR) is 138 cm³/mol. The summed E-state index contributed by atoms with van der Waals surface area (Å²) < 4.78 is 0. The Morgan fingerprint density at radius 3 is 2.06 bits per heavy atom. The largest absolute Gasteiger partial charge is 0.368 e. The number of aromatic nitrogens is 2. The van der Waals surface area contributed by atoms with Gasteiger partial charge in [0.2, 0.25) is 5.91 Å². The van der Waals surface area contributed by atoms with Gasteiger partial charge in [0.15, 0.2) is 5.82 Å². The van der Waals surface area contributed by atoms with Gasteiger partial charge >= 0.3 is 0 Å². The number of hydrogen-bond donors (Lipinski definition) is 4. The Balaban J connectivity index is 1.71. The Morgan fingerprint density at radius 2 is 1.47 bits per heavy atom. The van der Waals surface area contributed by atoms with E-state index in [1.54, 1.807) is 19.1 Å². The molecule has 0 radical (unpaired) electrons. The van der Waals surface area contributed by atoms with Crippen LogP contribution in [0.4, 0.5) is 17.3 Å². The van der Waals surface area contributed by atoms with E-state index in [9.17, 15) is 19.7 Å². The molecule has 188 valence electrons. The first-order valence-electron chi connectivity index (χ1n) is 11.5. The maximum Gasteiger partial charge on any atom is 0.285 e. The summed E-state index contributed by atoms with van der Waals surface area (Å²) in [5, 5.41) is 23.3. The molecule has 4 N–H and O–H groups in total. The van der Waals surface area contributed by atoms with Gasteiger partial charge in [0.25, 0.3) is 11.6 Å². The minimum atomic E-state index is -0.543. The second-order valence-corrected chi connectivity index (χ2v) is 8.06. The summed E-state index contributed by atoms with van der Waals surface area (Å²) in [6.45, 7) is 6.41. The third kappa shape index (κ3) is 6.75. The minimum Gasteiger partial charge on any atom is -0.368 e. The summed E-state index contributed by atoms with van der Waals surface area (Å²) in [5.74, 6) is 1.10. The second-order valence-electron chi connectivity index (χ2n) is 8.06. The van der Waals surface area contributed by atoms with E-state index in [-0.39, 0.29) is 23.7 Å². The lowest BCUT2D eigenvalue weighted by Gasteiger charge is -2.16. The topological polar surface area (TPSA) is 151 Å². The van der Waals surface area contributed by atoms with Gasteiger partial charge in [0, 0.05) is 49.8 Å². The first-order valence-corrected chi connectivity index (χ1v) is 11.5. The number of nitro benzene ring substituents is 1. The van der Waals surface area contributed by atoms with Crippen LogP contribution in [0.1, 0.15) is 28.4 Å². The van der Waals surface area contributed by atoms with Crippen molar-refractivity contribution in [3.8, 4) is 11.4 Å². The zero-order chi connectivity index (χ0) is 26.1. The van der Waals surface area contributed by atoms with Crippen LogP contribution in [0.5, 0.6) is 0 Å². The van der Waals surface area contributed by atoms with Crippen molar-refractivity contribution in [1.82, 2.24) is 20.6 Å². The first-order chi connectivity index (χ1) is 17.3. The molecular weight excluding hydrogens is 462 g/mol. The standard InChI is InChI=1S/C25H29N7O4/c1-16-8-7-11-20(21(16)32(35)36)25(34)29-15-14-28-23-17(2)22(27-13-12-26-18(3)33)30-24(31-23)19-9-5-4-6-10-19/h4-11H,12-15H2,1-3H3,(H,26,33)(H,29,34)(H2,27,28,30,31). The molecule has 0 saturated carbocycles. The van der Waals surface area contributed by atoms with Gasteiger partial charge in [-0.15, -0.1) is 0 Å². The molecule has 0 bridgehead atoms. The molecule has 1 heterocycles. The van der Waals surface area contributed by atoms with E-state index >= 15 is 0 Å². The molecule has 0 atom stereocenters. The molecule has 0 aliphatic carbocycles. The number of carbonyl (C=O) groups excluding carboxylic acids is 2. The van der Waals surface area contributed by atoms with Gasteiger partial charge in [-0.3, -0.25) is 19.7 Å². The highest BCUT2D eigenvalue weighted by molar-refractivity contribution is 5.98. The number of rotatable bonds is 11. The fourth-order valence-electron chi connectivity index (χ4n) is 3.53. The number of nitrogens with one attached hydrogen (secondary N) is 4. The summed E-state index contributed by atoms with van der Waals surface area (Å²) >= 11 is 0. The summed E-state index contributed by atoms with van der Waals surface area (Å²) in [6.07, 6.45) is 0. The van der Waals surface area contributed by atoms with E-state index in [0.29, 0.717) is 42.7 Å². The number of carbonyl (C=O) groups is 2. The van der Waals surface area contributed by atoms with Crippen molar-refractivity contribution in [1.29, 1.82) is 0 Å². The van der Waals surface area contributed by atoms with Crippen molar-refractivity contribution in [3.63, 3.8) is 0 Å². The van der Waals surface area contributed by atoms with Gasteiger partial charge in [0.05, 0.1) is 4.92 Å². The van der Waals surface area contributed by atoms with Crippen molar-refractivity contribution in [2.45, 2.75) is 20.8 Å². The molecule has 0 aliphatic heterocycles. The first kappa shape index (κ1) is 26.1. The smallest absolute Gasteiger partial charge is 0.285 e. The second kappa shape index (κ2) is 12.2. The molecule has 11 heteroatoms. The maximum absolute atomic E-state index is 12.6. The number of aryl methyl sites for hydroxylation is 1. The van der Waals surface area contributed by atoms with Crippen molar-refractivity contribution < 1.29 is 14.5 Å². The van der Waals surface area contributed by atoms with E-state index in [4.69, 9.17) is 0 Å². The molecule has 11 nitrogen and oxygen atoms in total. The van der Waals surface area contributed by atoms with Crippen LogP contribution in [0.15, 0.2) is 48.5 Å². The Kier molecular flexibility index (Phi) is 8.87. The molecule has 2 amide bonds. The molecule has 2 aromatic carbocycles. The average Bonchev–Trinajstić information content (AvgIpc) is 2.85. The van der Waals surface area contributed by atoms with Gasteiger partial charge < -0.3 is 21.3 Å². The van der Waals surface area contributed by atoms with Crippen LogP contribution < -0.4 is 21.3 Å². The lowest BCUT2D eigenvalue weighted by molar-refractivity contribution is -0.385. The number of amides is 2. The normalized spacial score (nSPS) is 10.4. The Labute approximate surface area is 208 Å². The number of benzene rings is 2. The number of para-hydroxylation sites is 1. The van der Waals surface area contributed by atoms with Gasteiger partial charge in [0.1, 0.15) is 17.2 Å². The minimum absolute atomic E-state index is 0.0234.